The molecule has 1 aromatic carbocycles. The number of aromatic hydroxyl groups is 1. The van der Waals surface area contributed by atoms with Crippen molar-refractivity contribution in [2.75, 3.05) is 26.3 Å². The molecule has 1 rings (SSSR count). The third-order valence-corrected chi connectivity index (χ3v) is 3.24. The number of phenols is 1. The highest BCUT2D eigenvalue weighted by Crippen LogP contribution is 2.25. The van der Waals surface area contributed by atoms with Crippen LogP contribution in [0.1, 0.15) is 38.8 Å². The summed E-state index contributed by atoms with van der Waals surface area (Å²) in [4.78, 5) is 2.42. The van der Waals surface area contributed by atoms with Crippen LogP contribution in [0.5, 0.6) is 5.75 Å². The van der Waals surface area contributed by atoms with Crippen molar-refractivity contribution in [2.24, 2.45) is 0 Å². The second kappa shape index (κ2) is 8.11. The van der Waals surface area contributed by atoms with Crippen LogP contribution in [0.15, 0.2) is 24.3 Å². The zero-order valence-corrected chi connectivity index (χ0v) is 11.7. The molecule has 3 heteroatoms. The predicted molar refractivity (Wildman–Crippen MR) is 74.9 cm³/mol. The van der Waals surface area contributed by atoms with E-state index in [1.165, 1.54) is 5.56 Å². The van der Waals surface area contributed by atoms with Crippen molar-refractivity contribution in [3.63, 3.8) is 0 Å². The zero-order chi connectivity index (χ0) is 13.4. The smallest absolute Gasteiger partial charge is 0.115 e. The standard InChI is InChI=1S/C15H25NO2/c1-4-15(13-7-9-14(17)10-8-13)16(5-2)11-12-18-6-3/h7-10,15,17H,4-6,11-12H2,1-3H3. The normalized spacial score (nSPS) is 12.9. The first kappa shape index (κ1) is 15.0. The highest BCUT2D eigenvalue weighted by molar-refractivity contribution is 5.28. The summed E-state index contributed by atoms with van der Waals surface area (Å²) >= 11 is 0. The van der Waals surface area contributed by atoms with E-state index in [0.717, 1.165) is 32.7 Å². The Morgan fingerprint density at radius 3 is 2.33 bits per heavy atom. The second-order valence-electron chi connectivity index (χ2n) is 4.34. The quantitative estimate of drug-likeness (QED) is 0.720. The maximum absolute atomic E-state index is 9.35. The van der Waals surface area contributed by atoms with Gasteiger partial charge in [0.05, 0.1) is 6.61 Å². The summed E-state index contributed by atoms with van der Waals surface area (Å²) in [6, 6.07) is 7.93. The second-order valence-corrected chi connectivity index (χ2v) is 4.34. The van der Waals surface area contributed by atoms with Crippen molar-refractivity contribution >= 4 is 0 Å². The average Bonchev–Trinajstić information content (AvgIpc) is 2.40. The third-order valence-electron chi connectivity index (χ3n) is 3.24. The zero-order valence-electron chi connectivity index (χ0n) is 11.7. The Kier molecular flexibility index (Phi) is 6.76. The van der Waals surface area contributed by atoms with E-state index >= 15 is 0 Å². The first-order valence-electron chi connectivity index (χ1n) is 6.83. The summed E-state index contributed by atoms with van der Waals surface area (Å²) < 4.78 is 5.43. The van der Waals surface area contributed by atoms with Gasteiger partial charge in [-0.2, -0.15) is 0 Å². The van der Waals surface area contributed by atoms with Gasteiger partial charge in [0, 0.05) is 19.2 Å². The topological polar surface area (TPSA) is 32.7 Å². The number of hydrogen-bond acceptors (Lipinski definition) is 3. The Morgan fingerprint density at radius 2 is 1.83 bits per heavy atom. The molecule has 0 amide bonds. The van der Waals surface area contributed by atoms with E-state index in [1.54, 1.807) is 12.1 Å². The Bertz CT molecular complexity index is 324. The van der Waals surface area contributed by atoms with Crippen LogP contribution in [-0.4, -0.2) is 36.3 Å². The first-order valence-corrected chi connectivity index (χ1v) is 6.83. The van der Waals surface area contributed by atoms with Crippen LogP contribution in [0, 0.1) is 0 Å². The van der Waals surface area contributed by atoms with Gasteiger partial charge in [0.1, 0.15) is 5.75 Å². The molecular formula is C15H25NO2. The lowest BCUT2D eigenvalue weighted by Gasteiger charge is -2.30. The van der Waals surface area contributed by atoms with Crippen LogP contribution >= 0.6 is 0 Å². The van der Waals surface area contributed by atoms with E-state index in [2.05, 4.69) is 18.7 Å². The molecule has 1 atom stereocenters. The molecule has 3 nitrogen and oxygen atoms in total. The van der Waals surface area contributed by atoms with Gasteiger partial charge in [0.2, 0.25) is 0 Å². The van der Waals surface area contributed by atoms with Gasteiger partial charge >= 0.3 is 0 Å². The molecule has 0 aliphatic carbocycles. The summed E-state index contributed by atoms with van der Waals surface area (Å²) in [6.45, 7) is 9.89. The molecule has 0 saturated carbocycles. The summed E-state index contributed by atoms with van der Waals surface area (Å²) in [5, 5.41) is 9.35. The van der Waals surface area contributed by atoms with Gasteiger partial charge in [-0.15, -0.1) is 0 Å². The molecule has 0 heterocycles. The van der Waals surface area contributed by atoms with E-state index in [9.17, 15) is 5.11 Å². The van der Waals surface area contributed by atoms with Crippen molar-refractivity contribution < 1.29 is 9.84 Å². The Labute approximate surface area is 110 Å². The van der Waals surface area contributed by atoms with Gasteiger partial charge in [-0.05, 0) is 37.6 Å². The minimum absolute atomic E-state index is 0.325. The minimum atomic E-state index is 0.325. The van der Waals surface area contributed by atoms with Gasteiger partial charge in [-0.25, -0.2) is 0 Å². The fourth-order valence-corrected chi connectivity index (χ4v) is 2.26. The number of hydrogen-bond donors (Lipinski definition) is 1. The molecule has 0 radical (unpaired) electrons. The molecule has 0 aromatic heterocycles. The lowest BCUT2D eigenvalue weighted by atomic mass is 10.0. The summed E-state index contributed by atoms with van der Waals surface area (Å²) in [5.74, 6) is 0.325. The van der Waals surface area contributed by atoms with Crippen molar-refractivity contribution in [1.29, 1.82) is 0 Å². The van der Waals surface area contributed by atoms with E-state index in [4.69, 9.17) is 4.74 Å². The van der Waals surface area contributed by atoms with E-state index in [1.807, 2.05) is 19.1 Å². The summed E-state index contributed by atoms with van der Waals surface area (Å²) in [6.07, 6.45) is 1.06. The number of likely N-dealkylation sites (N-methyl/N-ethyl adjacent to an activating group) is 1. The van der Waals surface area contributed by atoms with Crippen molar-refractivity contribution in [1.82, 2.24) is 4.90 Å². The number of phenolic OH excluding ortho intramolecular Hbond substituents is 1. The summed E-state index contributed by atoms with van der Waals surface area (Å²) in [5.41, 5.74) is 1.26. The Hall–Kier alpha value is -1.06. The van der Waals surface area contributed by atoms with Crippen LogP contribution in [0.4, 0.5) is 0 Å². The van der Waals surface area contributed by atoms with Gasteiger partial charge in [0.15, 0.2) is 0 Å². The van der Waals surface area contributed by atoms with Crippen molar-refractivity contribution in [2.45, 2.75) is 33.2 Å². The largest absolute Gasteiger partial charge is 0.508 e. The van der Waals surface area contributed by atoms with Gasteiger partial charge < -0.3 is 9.84 Å². The fourth-order valence-electron chi connectivity index (χ4n) is 2.26. The van der Waals surface area contributed by atoms with Gasteiger partial charge in [0.25, 0.3) is 0 Å². The number of ether oxygens (including phenoxy) is 1. The predicted octanol–water partition coefficient (Wildman–Crippen LogP) is 3.20. The van der Waals surface area contributed by atoms with Crippen LogP contribution in [0.25, 0.3) is 0 Å². The molecule has 1 N–H and O–H groups in total. The molecular weight excluding hydrogens is 226 g/mol. The fraction of sp³-hybridized carbons (Fsp3) is 0.600. The highest BCUT2D eigenvalue weighted by atomic mass is 16.5. The van der Waals surface area contributed by atoms with Gasteiger partial charge in [-0.3, -0.25) is 4.90 Å². The molecule has 0 spiro atoms. The number of benzene rings is 1. The lowest BCUT2D eigenvalue weighted by Crippen LogP contribution is -2.31. The third kappa shape index (κ3) is 4.31. The first-order chi connectivity index (χ1) is 8.72. The lowest BCUT2D eigenvalue weighted by molar-refractivity contribution is 0.0953. The molecule has 0 bridgehead atoms. The van der Waals surface area contributed by atoms with Gasteiger partial charge in [-0.1, -0.05) is 26.0 Å². The van der Waals surface area contributed by atoms with E-state index in [-0.39, 0.29) is 0 Å². The van der Waals surface area contributed by atoms with E-state index in [0.29, 0.717) is 11.8 Å². The molecule has 1 aromatic rings. The maximum Gasteiger partial charge on any atom is 0.115 e. The number of nitrogens with zero attached hydrogens (tertiary/aromatic N) is 1. The minimum Gasteiger partial charge on any atom is -0.508 e. The number of rotatable bonds is 8. The molecule has 0 fully saturated rings. The Morgan fingerprint density at radius 1 is 1.17 bits per heavy atom. The highest BCUT2D eigenvalue weighted by Gasteiger charge is 2.16. The van der Waals surface area contributed by atoms with Crippen LogP contribution < -0.4 is 0 Å². The molecule has 0 saturated heterocycles. The van der Waals surface area contributed by atoms with E-state index < -0.39 is 0 Å². The Balaban J connectivity index is 2.69. The van der Waals surface area contributed by atoms with Crippen LogP contribution in [-0.2, 0) is 4.74 Å². The van der Waals surface area contributed by atoms with Crippen LogP contribution in [0.3, 0.4) is 0 Å². The monoisotopic (exact) mass is 251 g/mol. The SMILES string of the molecule is CCOCCN(CC)C(CC)c1ccc(O)cc1. The van der Waals surface area contributed by atoms with Crippen molar-refractivity contribution in [3.05, 3.63) is 29.8 Å². The molecule has 102 valence electrons. The maximum atomic E-state index is 9.35. The van der Waals surface area contributed by atoms with Crippen LogP contribution in [0.2, 0.25) is 0 Å². The average molecular weight is 251 g/mol. The molecule has 1 unspecified atom stereocenters. The molecule has 0 aliphatic heterocycles. The molecule has 0 aliphatic rings. The van der Waals surface area contributed by atoms with Crippen molar-refractivity contribution in [3.8, 4) is 5.75 Å². The summed E-state index contributed by atoms with van der Waals surface area (Å²) in [7, 11) is 0. The molecule has 18 heavy (non-hydrogen) atoms.